The molecule has 3 heterocycles. The number of nitrogens with one attached hydrogen (secondary N) is 11. The first-order valence-corrected chi connectivity index (χ1v) is 39.7. The van der Waals surface area contributed by atoms with Crippen LogP contribution >= 0.6 is 12.4 Å². The number of rotatable bonds is 31. The Kier molecular flexibility index (Phi) is 31.0. The Hall–Kier alpha value is -8.70. The number of Topliss-reactive ketones (excluding diaryl/α,β-unsaturated/α-hetero) is 1. The van der Waals surface area contributed by atoms with E-state index in [1.807, 2.05) is 48.5 Å². The van der Waals surface area contributed by atoms with Crippen molar-refractivity contribution >= 4 is 101 Å². The van der Waals surface area contributed by atoms with Crippen molar-refractivity contribution in [1.82, 2.24) is 73.2 Å². The predicted octanol–water partition coefficient (Wildman–Crippen LogP) is -0.436. The summed E-state index contributed by atoms with van der Waals surface area (Å²) in [6.45, 7) is 35.6. The number of urea groups is 3. The van der Waals surface area contributed by atoms with Crippen molar-refractivity contribution in [3.8, 4) is 0 Å². The molecule has 9 rings (SSSR count). The highest BCUT2D eigenvalue weighted by atomic mass is 35.5. The number of ketones is 1. The molecule has 21 N–H and O–H groups in total. The van der Waals surface area contributed by atoms with Gasteiger partial charge in [0.2, 0.25) is 64.9 Å². The molecule has 640 valence electrons. The molecule has 9 fully saturated rings. The van der Waals surface area contributed by atoms with E-state index in [0.717, 1.165) is 69.9 Å². The van der Waals surface area contributed by atoms with Crippen LogP contribution < -0.4 is 81.4 Å². The van der Waals surface area contributed by atoms with Crippen LogP contribution in [0.25, 0.3) is 0 Å². The van der Waals surface area contributed by atoms with Gasteiger partial charge >= 0.3 is 18.1 Å². The van der Waals surface area contributed by atoms with E-state index in [2.05, 4.69) is 85.5 Å². The van der Waals surface area contributed by atoms with E-state index >= 15 is 0 Å². The first kappa shape index (κ1) is 94.2. The number of hydrogen-bond acceptors (Lipinski definition) is 18. The van der Waals surface area contributed by atoms with Crippen molar-refractivity contribution in [2.45, 2.75) is 264 Å². The van der Waals surface area contributed by atoms with Crippen molar-refractivity contribution in [1.29, 1.82) is 0 Å². The highest BCUT2D eigenvalue weighted by molar-refractivity contribution is 6.38. The molecule has 36 heteroatoms. The number of carbonyl (C=O) groups is 15. The number of piperidine rings is 3. The minimum Gasteiger partial charge on any atom is -0.381 e. The molecule has 6 aliphatic carbocycles. The number of amides is 17. The fourth-order valence-corrected chi connectivity index (χ4v) is 17.2. The predicted molar refractivity (Wildman–Crippen MR) is 423 cm³/mol. The Bertz CT molecular complexity index is 3640. The van der Waals surface area contributed by atoms with Crippen molar-refractivity contribution in [3.63, 3.8) is 0 Å². The molecule has 0 aromatic heterocycles. The molecule has 17 atom stereocenters. The zero-order chi connectivity index (χ0) is 84.9. The fourth-order valence-electron chi connectivity index (χ4n) is 17.2. The summed E-state index contributed by atoms with van der Waals surface area (Å²) in [5.74, 6) is -7.04. The number of aliphatic hydroxyl groups excluding tert-OH is 2. The third-order valence-corrected chi connectivity index (χ3v) is 24.4. The third-order valence-electron chi connectivity index (χ3n) is 24.4. The third kappa shape index (κ3) is 23.5. The van der Waals surface area contributed by atoms with Gasteiger partial charge in [0, 0.05) is 55.9 Å². The Morgan fingerprint density at radius 1 is 0.439 bits per heavy atom. The summed E-state index contributed by atoms with van der Waals surface area (Å²) >= 11 is 0. The van der Waals surface area contributed by atoms with Gasteiger partial charge in [-0.3, -0.25) is 57.5 Å². The Morgan fingerprint density at radius 3 is 0.974 bits per heavy atom. The van der Waals surface area contributed by atoms with Crippen LogP contribution in [0, 0.1) is 69.5 Å². The van der Waals surface area contributed by atoms with Crippen LogP contribution in [0.2, 0.25) is 0 Å². The highest BCUT2D eigenvalue weighted by Gasteiger charge is 2.72. The molecule has 8 unspecified atom stereocenters. The molecule has 17 amide bonds. The standard InChI is InChI=1S/C27H44N6O6.C27H42N6O6.C24H42N6O5.ClH/c2*1-7-18(34)29-12-17(31-25(39)32-26(2,3)4)24(38)33-13-15-19(27(15,5)6)20(33)23(37)30-16(21(35)22(28)36)11-14-9-8-10-14;1-23(2,3)29-22(35)28-15(10-25)21(34)30-11-13-16(24(13,4)5)17(30)20(33)27-14(18(31)19(26)32)9-12-7-6-8-12;/h7,14-17,19-21,35H,1,8-13H2,2-6H3,(H2,28,36)(H,29,34)(H,30,37)(H2,31,32,39);7,14-17,19-20H,1,8-13H2,2-6H3,(H2,28,36)(H,29,34)(H,30,37)(H2,31,32,39);12-18,31H,6-11,25H2,1-5H3,(H2,26,32)(H,27,33)(H2,28,29,35);1H/t15?,16?,17-,19-,20-,21?;15?,16?,17-,19-,20-;13?,14?,15-,16-,17-,18?;/m000./s1. The van der Waals surface area contributed by atoms with Crippen LogP contribution in [0.3, 0.4) is 0 Å². The Morgan fingerprint density at radius 2 is 0.719 bits per heavy atom. The lowest BCUT2D eigenvalue weighted by molar-refractivity contribution is -0.143. The maximum atomic E-state index is 13.8. The lowest BCUT2D eigenvalue weighted by Crippen LogP contribution is -2.61. The second kappa shape index (κ2) is 37.5. The SMILES string of the molecule is C=CC(=O)NC[C@H](NC(=O)NC(C)(C)C)C(=O)N1CC2[C@@H]([C@H]1C(=O)NC(CC1CCC1)C(=O)C(N)=O)C2(C)C.C=CC(=O)NC[C@H](NC(=O)NC(C)(C)C)C(=O)N1CC2[C@@H]([C@H]1C(=O)NC(CC1CCC1)C(O)C(N)=O)C2(C)C.CC(C)(C)NC(=O)N[C@@H](CN)C(=O)N1CC2[C@@H]([C@H]1C(=O)NC(CC1CCC1)C(O)C(N)=O)C2(C)C.Cl. The van der Waals surface area contributed by atoms with Crippen LogP contribution in [0.15, 0.2) is 25.3 Å². The monoisotopic (exact) mass is 1620 g/mol. The lowest BCUT2D eigenvalue weighted by Gasteiger charge is -2.36. The van der Waals surface area contributed by atoms with Crippen LogP contribution in [0.4, 0.5) is 14.4 Å². The van der Waals surface area contributed by atoms with Gasteiger partial charge in [0.15, 0.2) is 12.2 Å². The molecule has 0 bridgehead atoms. The van der Waals surface area contributed by atoms with E-state index in [4.69, 9.17) is 22.9 Å². The highest BCUT2D eigenvalue weighted by Crippen LogP contribution is 2.67. The topological polar surface area (TPSA) is 543 Å². The average Bonchev–Trinajstić information content (AvgIpc) is 1.54. The molecule has 0 aromatic rings. The molecule has 3 aliphatic heterocycles. The van der Waals surface area contributed by atoms with E-state index in [9.17, 15) is 82.1 Å². The number of halogens is 1. The van der Waals surface area contributed by atoms with E-state index < -0.39 is 172 Å². The summed E-state index contributed by atoms with van der Waals surface area (Å²) < 4.78 is 0. The first-order chi connectivity index (χ1) is 52.3. The van der Waals surface area contributed by atoms with Gasteiger partial charge in [0.25, 0.3) is 5.91 Å². The minimum absolute atomic E-state index is 0. The summed E-state index contributed by atoms with van der Waals surface area (Å²) in [7, 11) is 0. The number of fused-ring (bicyclic) bond motifs is 3. The van der Waals surface area contributed by atoms with Crippen LogP contribution in [0.1, 0.15) is 181 Å². The number of likely N-dealkylation sites (tertiary alicyclic amines) is 3. The molecule has 0 aromatic carbocycles. The number of carbonyl (C=O) groups excluding carboxylic acids is 15. The largest absolute Gasteiger partial charge is 0.381 e. The summed E-state index contributed by atoms with van der Waals surface area (Å²) in [6.07, 6.45) is 9.07. The van der Waals surface area contributed by atoms with Gasteiger partial charge in [-0.05, 0) is 163 Å². The van der Waals surface area contributed by atoms with Crippen molar-refractivity contribution in [2.24, 2.45) is 92.4 Å². The van der Waals surface area contributed by atoms with E-state index in [1.165, 1.54) is 14.7 Å². The maximum Gasteiger partial charge on any atom is 0.315 e. The normalized spacial score (nSPS) is 25.7. The summed E-state index contributed by atoms with van der Waals surface area (Å²) in [5.41, 5.74) is 19.6. The van der Waals surface area contributed by atoms with E-state index in [-0.39, 0.29) is 102 Å². The minimum atomic E-state index is -1.55. The number of hydrogen-bond donors (Lipinski definition) is 17. The zero-order valence-electron chi connectivity index (χ0n) is 68.9. The first-order valence-electron chi connectivity index (χ1n) is 39.7. The number of nitrogens with two attached hydrogens (primary N) is 4. The van der Waals surface area contributed by atoms with E-state index in [1.54, 1.807) is 41.5 Å². The Balaban J connectivity index is 0.000000265. The van der Waals surface area contributed by atoms with Crippen molar-refractivity contribution in [3.05, 3.63) is 25.3 Å². The number of nitrogens with zero attached hydrogens (tertiary/aromatic N) is 3. The maximum absolute atomic E-state index is 13.8. The molecule has 35 nitrogen and oxygen atoms in total. The smallest absolute Gasteiger partial charge is 0.315 e. The molecule has 6 saturated carbocycles. The van der Waals surface area contributed by atoms with Gasteiger partial charge in [-0.25, -0.2) is 14.4 Å². The molecule has 9 aliphatic rings. The molecule has 0 radical (unpaired) electrons. The molecular weight excluding hydrogens is 1500 g/mol. The van der Waals surface area contributed by atoms with E-state index in [0.29, 0.717) is 38.3 Å². The zero-order valence-corrected chi connectivity index (χ0v) is 69.7. The second-order valence-corrected chi connectivity index (χ2v) is 37.3. The van der Waals surface area contributed by atoms with Crippen LogP contribution in [-0.2, 0) is 57.5 Å². The quantitative estimate of drug-likeness (QED) is 0.0309. The van der Waals surface area contributed by atoms with Gasteiger partial charge in [-0.2, -0.15) is 0 Å². The summed E-state index contributed by atoms with van der Waals surface area (Å²) in [4.78, 5) is 195. The fraction of sp³-hybridized carbons (Fsp3) is 0.756. The number of primary amides is 3. The summed E-state index contributed by atoms with van der Waals surface area (Å²) in [5, 5.41) is 50.4. The number of aliphatic hydroxyl groups is 2. The molecular formula is C78H129ClN18O17. The van der Waals surface area contributed by atoms with Crippen molar-refractivity contribution in [2.75, 3.05) is 39.3 Å². The average molecular weight is 1630 g/mol. The molecule has 0 spiro atoms. The van der Waals surface area contributed by atoms with Gasteiger partial charge in [-0.15, -0.1) is 12.4 Å². The molecule has 114 heavy (non-hydrogen) atoms. The second-order valence-electron chi connectivity index (χ2n) is 37.3. The lowest BCUT2D eigenvalue weighted by atomic mass is 9.79. The van der Waals surface area contributed by atoms with Gasteiger partial charge < -0.3 is 106 Å². The van der Waals surface area contributed by atoms with Gasteiger partial charge in [0.1, 0.15) is 36.3 Å². The van der Waals surface area contributed by atoms with Crippen LogP contribution in [0.5, 0.6) is 0 Å². The van der Waals surface area contributed by atoms with Crippen LogP contribution in [-0.4, -0.2) is 236 Å². The summed E-state index contributed by atoms with van der Waals surface area (Å²) in [6, 6.07) is -10.3. The Labute approximate surface area is 674 Å². The van der Waals surface area contributed by atoms with Crippen molar-refractivity contribution < 1.29 is 82.1 Å². The van der Waals surface area contributed by atoms with Gasteiger partial charge in [-0.1, -0.05) is 112 Å². The van der Waals surface area contributed by atoms with Gasteiger partial charge in [0.05, 0.1) is 18.1 Å². The molecule has 3 saturated heterocycles.